The second-order valence-electron chi connectivity index (χ2n) is 5.23. The number of urea groups is 1. The van der Waals surface area contributed by atoms with Crippen LogP contribution in [0.3, 0.4) is 0 Å². The quantitative estimate of drug-likeness (QED) is 0.729. The number of methoxy groups -OCH3 is 1. The summed E-state index contributed by atoms with van der Waals surface area (Å²) in [5, 5.41) is 9.16. The van der Waals surface area contributed by atoms with Gasteiger partial charge in [0.25, 0.3) is 0 Å². The fourth-order valence-electron chi connectivity index (χ4n) is 2.18. The van der Waals surface area contributed by atoms with Gasteiger partial charge < -0.3 is 19.8 Å². The van der Waals surface area contributed by atoms with Gasteiger partial charge >= 0.3 is 17.9 Å². The number of aromatic nitrogens is 2. The largest absolute Gasteiger partial charge is 0.452 e. The van der Waals surface area contributed by atoms with E-state index in [-0.39, 0.29) is 18.4 Å². The van der Waals surface area contributed by atoms with Crippen molar-refractivity contribution < 1.29 is 18.3 Å². The van der Waals surface area contributed by atoms with Crippen molar-refractivity contribution in [2.75, 3.05) is 12.4 Å². The summed E-state index contributed by atoms with van der Waals surface area (Å²) in [5.74, 6) is -1.05. The van der Waals surface area contributed by atoms with Crippen LogP contribution < -0.4 is 21.1 Å². The van der Waals surface area contributed by atoms with Gasteiger partial charge in [0.05, 0.1) is 12.8 Å². The van der Waals surface area contributed by atoms with Gasteiger partial charge in [-0.05, 0) is 35.9 Å². The third-order valence-electron chi connectivity index (χ3n) is 3.42. The van der Waals surface area contributed by atoms with Gasteiger partial charge in [0.1, 0.15) is 5.82 Å². The van der Waals surface area contributed by atoms with Gasteiger partial charge in [0.15, 0.2) is 0 Å². The number of ether oxygens (including phenoxy) is 1. The normalized spacial score (nSPS) is 10.4. The lowest BCUT2D eigenvalue weighted by atomic mass is 10.2. The van der Waals surface area contributed by atoms with Crippen molar-refractivity contribution >= 4 is 11.7 Å². The molecule has 0 saturated carbocycles. The van der Waals surface area contributed by atoms with E-state index in [4.69, 9.17) is 9.15 Å². The Balaban J connectivity index is 1.66. The maximum atomic E-state index is 12.9. The molecule has 2 aromatic carbocycles. The summed E-state index contributed by atoms with van der Waals surface area (Å²) >= 11 is 0. The predicted octanol–water partition coefficient (Wildman–Crippen LogP) is 2.29. The van der Waals surface area contributed by atoms with E-state index in [9.17, 15) is 14.0 Å². The van der Waals surface area contributed by atoms with E-state index in [0.717, 1.165) is 10.2 Å². The fraction of sp³-hybridized carbons (Fsp3) is 0.118. The molecule has 3 aromatic rings. The lowest BCUT2D eigenvalue weighted by Gasteiger charge is -2.09. The Labute approximate surface area is 147 Å². The number of hydrogen-bond donors (Lipinski definition) is 2. The number of carbonyl (C=O) groups is 1. The Morgan fingerprint density at radius 2 is 2.04 bits per heavy atom. The summed E-state index contributed by atoms with van der Waals surface area (Å²) in [6, 6.07) is 11.9. The lowest BCUT2D eigenvalue weighted by molar-refractivity contribution is 0.251. The van der Waals surface area contributed by atoms with Gasteiger partial charge in [-0.3, -0.25) is 0 Å². The van der Waals surface area contributed by atoms with Crippen LogP contribution in [0.25, 0.3) is 5.69 Å². The Bertz CT molecular complexity index is 965. The van der Waals surface area contributed by atoms with Gasteiger partial charge in [-0.15, -0.1) is 0 Å². The summed E-state index contributed by atoms with van der Waals surface area (Å²) in [6.45, 7) is 0.242. The molecule has 3 rings (SSSR count). The van der Waals surface area contributed by atoms with Crippen molar-refractivity contribution in [3.8, 4) is 11.8 Å². The van der Waals surface area contributed by atoms with E-state index in [1.54, 1.807) is 36.4 Å². The minimum absolute atomic E-state index is 0.162. The smallest absolute Gasteiger partial charge is 0.444 e. The zero-order valence-electron chi connectivity index (χ0n) is 13.7. The maximum Gasteiger partial charge on any atom is 0.444 e. The van der Waals surface area contributed by atoms with Crippen LogP contribution in [0.1, 0.15) is 5.56 Å². The van der Waals surface area contributed by atoms with E-state index in [1.165, 1.54) is 19.2 Å². The molecule has 26 heavy (non-hydrogen) atoms. The highest BCUT2D eigenvalue weighted by atomic mass is 19.1. The first-order valence-corrected chi connectivity index (χ1v) is 7.59. The molecule has 0 spiro atoms. The van der Waals surface area contributed by atoms with Gasteiger partial charge in [0.2, 0.25) is 0 Å². The molecule has 2 amide bonds. The zero-order chi connectivity index (χ0) is 18.5. The van der Waals surface area contributed by atoms with Gasteiger partial charge in [-0.2, -0.15) is 4.68 Å². The van der Waals surface area contributed by atoms with E-state index in [0.29, 0.717) is 11.4 Å². The number of nitrogens with zero attached hydrogens (tertiary/aromatic N) is 2. The average Bonchev–Trinajstić information content (AvgIpc) is 3.02. The number of carbonyl (C=O) groups excluding carboxylic acids is 1. The second-order valence-corrected chi connectivity index (χ2v) is 5.23. The highest BCUT2D eigenvalue weighted by molar-refractivity contribution is 5.89. The number of nitrogens with one attached hydrogen (secondary N) is 2. The highest BCUT2D eigenvalue weighted by Gasteiger charge is 2.11. The molecule has 1 aromatic heterocycles. The zero-order valence-corrected chi connectivity index (χ0v) is 13.7. The summed E-state index contributed by atoms with van der Waals surface area (Å²) in [7, 11) is 1.33. The fourth-order valence-corrected chi connectivity index (χ4v) is 2.18. The molecule has 0 aliphatic heterocycles. The first kappa shape index (κ1) is 17.2. The molecule has 2 N–H and O–H groups in total. The number of amides is 2. The molecule has 0 fully saturated rings. The van der Waals surface area contributed by atoms with Gasteiger partial charge in [-0.1, -0.05) is 23.3 Å². The van der Waals surface area contributed by atoms with E-state index in [2.05, 4.69) is 15.7 Å². The third kappa shape index (κ3) is 4.07. The Kier molecular flexibility index (Phi) is 4.97. The lowest BCUT2D eigenvalue weighted by Crippen LogP contribution is -2.28. The van der Waals surface area contributed by atoms with Crippen molar-refractivity contribution in [1.82, 2.24) is 15.1 Å². The SMILES string of the molecule is COc1nn(-c2cccc(NC(=O)NCc3ccc(F)cc3)c2)c(=O)o1. The molecule has 9 heteroatoms. The molecule has 1 heterocycles. The summed E-state index contributed by atoms with van der Waals surface area (Å²) in [5.41, 5.74) is 1.61. The number of anilines is 1. The molecule has 0 unspecified atom stereocenters. The van der Waals surface area contributed by atoms with Gasteiger partial charge in [0, 0.05) is 12.2 Å². The van der Waals surface area contributed by atoms with Crippen LogP contribution in [-0.4, -0.2) is 22.9 Å². The Morgan fingerprint density at radius 1 is 1.27 bits per heavy atom. The number of benzene rings is 2. The van der Waals surface area contributed by atoms with Crippen LogP contribution >= 0.6 is 0 Å². The van der Waals surface area contributed by atoms with E-state index in [1.807, 2.05) is 0 Å². The monoisotopic (exact) mass is 358 g/mol. The number of hydrogen-bond acceptors (Lipinski definition) is 5. The summed E-state index contributed by atoms with van der Waals surface area (Å²) in [6.07, 6.45) is -0.162. The molecular formula is C17H15FN4O4. The highest BCUT2D eigenvalue weighted by Crippen LogP contribution is 2.14. The van der Waals surface area contributed by atoms with Crippen LogP contribution in [-0.2, 0) is 6.54 Å². The maximum absolute atomic E-state index is 12.9. The molecule has 8 nitrogen and oxygen atoms in total. The predicted molar refractivity (Wildman–Crippen MR) is 90.9 cm³/mol. The van der Waals surface area contributed by atoms with Crippen molar-refractivity contribution in [1.29, 1.82) is 0 Å². The minimum atomic E-state index is -0.709. The van der Waals surface area contributed by atoms with Crippen LogP contribution in [0.5, 0.6) is 6.08 Å². The van der Waals surface area contributed by atoms with Crippen LogP contribution in [0.2, 0.25) is 0 Å². The van der Waals surface area contributed by atoms with Crippen LogP contribution in [0.15, 0.2) is 57.7 Å². The molecule has 0 atom stereocenters. The average molecular weight is 358 g/mol. The molecular weight excluding hydrogens is 343 g/mol. The minimum Gasteiger partial charge on any atom is -0.452 e. The van der Waals surface area contributed by atoms with E-state index < -0.39 is 11.8 Å². The standard InChI is InChI=1S/C17H15FN4O4/c1-25-16-21-22(17(24)26-16)14-4-2-3-13(9-14)20-15(23)19-10-11-5-7-12(18)8-6-11/h2-9H,10H2,1H3,(H2,19,20,23). The Hall–Kier alpha value is -3.62. The van der Waals surface area contributed by atoms with Crippen molar-refractivity contribution in [3.05, 3.63) is 70.5 Å². The number of halogens is 1. The molecule has 134 valence electrons. The Morgan fingerprint density at radius 3 is 2.73 bits per heavy atom. The molecule has 0 aliphatic rings. The summed E-state index contributed by atoms with van der Waals surface area (Å²) < 4.78 is 23.4. The first-order valence-electron chi connectivity index (χ1n) is 7.59. The second kappa shape index (κ2) is 7.51. The third-order valence-corrected chi connectivity index (χ3v) is 3.42. The molecule has 0 bridgehead atoms. The van der Waals surface area contributed by atoms with Gasteiger partial charge in [-0.25, -0.2) is 14.0 Å². The van der Waals surface area contributed by atoms with Crippen molar-refractivity contribution in [2.24, 2.45) is 0 Å². The molecule has 0 saturated heterocycles. The summed E-state index contributed by atoms with van der Waals surface area (Å²) in [4.78, 5) is 23.7. The van der Waals surface area contributed by atoms with Crippen LogP contribution in [0, 0.1) is 5.82 Å². The topological polar surface area (TPSA) is 98.4 Å². The van der Waals surface area contributed by atoms with Crippen molar-refractivity contribution in [3.63, 3.8) is 0 Å². The molecule has 0 aliphatic carbocycles. The number of rotatable bonds is 5. The van der Waals surface area contributed by atoms with E-state index >= 15 is 0 Å². The van der Waals surface area contributed by atoms with Crippen molar-refractivity contribution in [2.45, 2.75) is 6.54 Å². The molecule has 0 radical (unpaired) electrons. The first-order chi connectivity index (χ1) is 12.5. The van der Waals surface area contributed by atoms with Crippen LogP contribution in [0.4, 0.5) is 14.9 Å².